The van der Waals surface area contributed by atoms with E-state index in [4.69, 9.17) is 28.4 Å². The maximum absolute atomic E-state index is 12.4. The van der Waals surface area contributed by atoms with Crippen molar-refractivity contribution >= 4 is 35.8 Å². The standard InChI is InChI=1S/C66H117NO12/c1-4-7-10-13-16-19-22-25-28-31-34-37-40-55-74-61(68)46-49-64(71)77-58-43-52-67(53-44-59-78-65(72)50-47-62(69)75-56-41-38-35-32-29-26-23-20-17-14-11-8-5-2)54-45-60-79-66(73)51-48-63(70)76-57-42-39-36-33-30-27-24-21-18-15-12-9-6-3/h37-42H,4-36,43-60H2,1-3H3/b40-37+,41-38+,42-39+. The fourth-order valence-electron chi connectivity index (χ4n) is 9.03. The predicted molar refractivity (Wildman–Crippen MR) is 321 cm³/mol. The van der Waals surface area contributed by atoms with Crippen molar-refractivity contribution in [3.05, 3.63) is 36.5 Å². The van der Waals surface area contributed by atoms with E-state index in [0.717, 1.165) is 38.5 Å². The first-order valence-corrected chi connectivity index (χ1v) is 32.3. The molecule has 0 saturated carbocycles. The Hall–Kier alpha value is -4.00. The molecule has 0 radical (unpaired) electrons. The van der Waals surface area contributed by atoms with Crippen LogP contribution in [0.25, 0.3) is 0 Å². The van der Waals surface area contributed by atoms with Crippen LogP contribution in [0.4, 0.5) is 0 Å². The van der Waals surface area contributed by atoms with Gasteiger partial charge < -0.3 is 33.3 Å². The van der Waals surface area contributed by atoms with Gasteiger partial charge in [-0.3, -0.25) is 28.8 Å². The van der Waals surface area contributed by atoms with Gasteiger partial charge in [-0.2, -0.15) is 0 Å². The van der Waals surface area contributed by atoms with Gasteiger partial charge in [0, 0.05) is 19.6 Å². The van der Waals surface area contributed by atoms with Crippen molar-refractivity contribution in [1.29, 1.82) is 0 Å². The van der Waals surface area contributed by atoms with Crippen molar-refractivity contribution in [2.75, 3.05) is 59.3 Å². The summed E-state index contributed by atoms with van der Waals surface area (Å²) in [4.78, 5) is 76.1. The van der Waals surface area contributed by atoms with Crippen LogP contribution in [0.3, 0.4) is 0 Å². The molecule has 13 heteroatoms. The Labute approximate surface area is 482 Å². The van der Waals surface area contributed by atoms with E-state index >= 15 is 0 Å². The maximum atomic E-state index is 12.4. The second kappa shape index (κ2) is 61.6. The Bertz CT molecular complexity index is 1350. The van der Waals surface area contributed by atoms with Crippen LogP contribution >= 0.6 is 0 Å². The Morgan fingerprint density at radius 2 is 0.456 bits per heavy atom. The molecule has 0 bridgehead atoms. The van der Waals surface area contributed by atoms with Crippen LogP contribution in [0.5, 0.6) is 0 Å². The van der Waals surface area contributed by atoms with E-state index in [9.17, 15) is 28.8 Å². The van der Waals surface area contributed by atoms with Gasteiger partial charge in [-0.1, -0.05) is 231 Å². The van der Waals surface area contributed by atoms with Crippen molar-refractivity contribution in [2.24, 2.45) is 0 Å². The van der Waals surface area contributed by atoms with Crippen molar-refractivity contribution in [2.45, 2.75) is 290 Å². The monoisotopic (exact) mass is 1120 g/mol. The number of carbonyl (C=O) groups is 6. The van der Waals surface area contributed by atoms with Gasteiger partial charge in [0.25, 0.3) is 0 Å². The molecule has 79 heavy (non-hydrogen) atoms. The van der Waals surface area contributed by atoms with Gasteiger partial charge in [-0.05, 0) is 57.8 Å². The zero-order valence-electron chi connectivity index (χ0n) is 50.9. The molecule has 0 rings (SSSR count). The lowest BCUT2D eigenvalue weighted by Crippen LogP contribution is -2.30. The highest BCUT2D eigenvalue weighted by Crippen LogP contribution is 2.15. The molecule has 0 spiro atoms. The van der Waals surface area contributed by atoms with Crippen molar-refractivity contribution in [3.8, 4) is 0 Å². The predicted octanol–water partition coefficient (Wildman–Crippen LogP) is 16.7. The lowest BCUT2D eigenvalue weighted by Gasteiger charge is -2.22. The second-order valence-corrected chi connectivity index (χ2v) is 21.4. The molecular weight excluding hydrogens is 999 g/mol. The molecule has 0 unspecified atom stereocenters. The van der Waals surface area contributed by atoms with Gasteiger partial charge >= 0.3 is 35.8 Å². The summed E-state index contributed by atoms with van der Waals surface area (Å²) in [5.41, 5.74) is 0. The third kappa shape index (κ3) is 59.9. The summed E-state index contributed by atoms with van der Waals surface area (Å²) in [6.45, 7) is 9.46. The molecule has 0 amide bonds. The highest BCUT2D eigenvalue weighted by Gasteiger charge is 2.14. The average Bonchev–Trinajstić information content (AvgIpc) is 3.44. The molecule has 458 valence electrons. The van der Waals surface area contributed by atoms with Gasteiger partial charge in [0.05, 0.1) is 58.3 Å². The number of hydrogen-bond donors (Lipinski definition) is 0. The first-order valence-electron chi connectivity index (χ1n) is 32.3. The normalized spacial score (nSPS) is 11.5. The fourth-order valence-corrected chi connectivity index (χ4v) is 9.03. The molecule has 0 N–H and O–H groups in total. The minimum absolute atomic E-state index is 0.0508. The largest absolute Gasteiger partial charge is 0.466 e. The summed E-state index contributed by atoms with van der Waals surface area (Å²) in [5.74, 6) is -2.74. The molecule has 0 atom stereocenters. The molecule has 0 saturated heterocycles. The quantitative estimate of drug-likeness (QED) is 0.0245. The van der Waals surface area contributed by atoms with Gasteiger partial charge in [-0.15, -0.1) is 0 Å². The number of nitrogens with zero attached hydrogens (tertiary/aromatic N) is 1. The lowest BCUT2D eigenvalue weighted by molar-refractivity contribution is -0.150. The van der Waals surface area contributed by atoms with Gasteiger partial charge in [-0.25, -0.2) is 0 Å². The SMILES string of the molecule is CCCCCCCCCCCC/C=C/COC(=O)CCC(=O)OCCCN(CCCOC(=O)CCC(=O)OC/C=C/CCCCCCCCCCCC)CCCOC(=O)CCC(=O)OC/C=C/CCCCCCCCCCCC. The van der Waals surface area contributed by atoms with Crippen LogP contribution in [0, 0.1) is 0 Å². The number of unbranched alkanes of at least 4 members (excludes halogenated alkanes) is 30. The molecule has 0 aromatic heterocycles. The lowest BCUT2D eigenvalue weighted by atomic mass is 10.1. The molecular formula is C66H117NO12. The van der Waals surface area contributed by atoms with Crippen LogP contribution < -0.4 is 0 Å². The van der Waals surface area contributed by atoms with Gasteiger partial charge in [0.1, 0.15) is 19.8 Å². The molecule has 0 aliphatic carbocycles. The molecule has 0 heterocycles. The summed E-state index contributed by atoms with van der Waals surface area (Å²) in [5, 5.41) is 0. The van der Waals surface area contributed by atoms with E-state index < -0.39 is 35.8 Å². The van der Waals surface area contributed by atoms with Crippen molar-refractivity contribution < 1.29 is 57.2 Å². The topological polar surface area (TPSA) is 161 Å². The van der Waals surface area contributed by atoms with Crippen LogP contribution in [-0.2, 0) is 57.2 Å². The summed E-state index contributed by atoms with van der Waals surface area (Å²) in [6.07, 6.45) is 54.7. The molecule has 0 aromatic rings. The Morgan fingerprint density at radius 1 is 0.253 bits per heavy atom. The average molecular weight is 1120 g/mol. The number of allylic oxidation sites excluding steroid dienone is 3. The zero-order valence-corrected chi connectivity index (χ0v) is 50.9. The van der Waals surface area contributed by atoms with E-state index in [1.807, 2.05) is 18.2 Å². The number of ether oxygens (including phenoxy) is 6. The van der Waals surface area contributed by atoms with Crippen molar-refractivity contribution in [3.63, 3.8) is 0 Å². The summed E-state index contributed by atoms with van der Waals surface area (Å²) in [6, 6.07) is 0. The maximum Gasteiger partial charge on any atom is 0.306 e. The van der Waals surface area contributed by atoms with Gasteiger partial charge in [0.15, 0.2) is 0 Å². The smallest absolute Gasteiger partial charge is 0.306 e. The number of carbonyl (C=O) groups excluding carboxylic acids is 6. The van der Waals surface area contributed by atoms with Crippen LogP contribution in [-0.4, -0.2) is 100.0 Å². The number of esters is 6. The minimum Gasteiger partial charge on any atom is -0.466 e. The van der Waals surface area contributed by atoms with Crippen LogP contribution in [0.1, 0.15) is 290 Å². The molecule has 0 aliphatic heterocycles. The van der Waals surface area contributed by atoms with Crippen LogP contribution in [0.15, 0.2) is 36.5 Å². The molecule has 0 aliphatic rings. The first kappa shape index (κ1) is 75.0. The van der Waals surface area contributed by atoms with Crippen molar-refractivity contribution in [1.82, 2.24) is 4.90 Å². The Balaban J connectivity index is 4.56. The first-order chi connectivity index (χ1) is 38.7. The molecule has 0 fully saturated rings. The highest BCUT2D eigenvalue weighted by molar-refractivity contribution is 5.78. The Kier molecular flexibility index (Phi) is 58.5. The second-order valence-electron chi connectivity index (χ2n) is 21.4. The number of hydrogen-bond acceptors (Lipinski definition) is 13. The highest BCUT2D eigenvalue weighted by atomic mass is 16.6. The molecule has 13 nitrogen and oxygen atoms in total. The van der Waals surface area contributed by atoms with E-state index in [2.05, 4.69) is 43.9 Å². The fraction of sp³-hybridized carbons (Fsp3) is 0.818. The van der Waals surface area contributed by atoms with E-state index in [1.54, 1.807) is 0 Å². The summed E-state index contributed by atoms with van der Waals surface area (Å²) < 4.78 is 32.0. The van der Waals surface area contributed by atoms with E-state index in [-0.39, 0.29) is 78.2 Å². The number of rotatable bonds is 60. The van der Waals surface area contributed by atoms with Gasteiger partial charge in [0.2, 0.25) is 0 Å². The summed E-state index contributed by atoms with van der Waals surface area (Å²) >= 11 is 0. The molecule has 0 aromatic carbocycles. The van der Waals surface area contributed by atoms with E-state index in [1.165, 1.54) is 173 Å². The third-order valence-electron chi connectivity index (χ3n) is 13.9. The van der Waals surface area contributed by atoms with Crippen LogP contribution in [0.2, 0.25) is 0 Å². The minimum atomic E-state index is -0.473. The third-order valence-corrected chi connectivity index (χ3v) is 13.9. The summed E-state index contributed by atoms with van der Waals surface area (Å²) in [7, 11) is 0. The zero-order chi connectivity index (χ0) is 57.6. The van der Waals surface area contributed by atoms with E-state index in [0.29, 0.717) is 38.9 Å². The Morgan fingerprint density at radius 3 is 0.684 bits per heavy atom.